The number of halogens is 6. The molecule has 0 aliphatic carbocycles. The Morgan fingerprint density at radius 1 is 1.18 bits per heavy atom. The van der Waals surface area contributed by atoms with Crippen molar-refractivity contribution in [1.82, 2.24) is 14.5 Å². The van der Waals surface area contributed by atoms with Gasteiger partial charge >= 0.3 is 11.9 Å². The monoisotopic (exact) mass is 657 g/mol. The second-order valence-corrected chi connectivity index (χ2v) is 12.2. The zero-order valence-electron chi connectivity index (χ0n) is 23.8. The Kier molecular flexibility index (Phi) is 9.00. The molecule has 3 aromatic rings. The maximum absolute atomic E-state index is 15.3. The van der Waals surface area contributed by atoms with Crippen molar-refractivity contribution in [3.05, 3.63) is 63.6 Å². The Labute approximate surface area is 258 Å². The fourth-order valence-electron chi connectivity index (χ4n) is 5.95. The van der Waals surface area contributed by atoms with Gasteiger partial charge in [0, 0.05) is 64.9 Å². The van der Waals surface area contributed by atoms with Crippen molar-refractivity contribution in [2.45, 2.75) is 49.7 Å². The van der Waals surface area contributed by atoms with Crippen LogP contribution in [-0.4, -0.2) is 70.5 Å². The highest BCUT2D eigenvalue weighted by Gasteiger charge is 2.40. The molecule has 0 bridgehead atoms. The highest BCUT2D eigenvalue weighted by molar-refractivity contribution is 7.99. The molecule has 1 unspecified atom stereocenters. The molecular formula is C29H29ClF5N5O3S. The Balaban J connectivity index is 1.83. The van der Waals surface area contributed by atoms with Crippen LogP contribution in [0.5, 0.6) is 0 Å². The molecule has 5 rings (SSSR count). The first-order valence-corrected chi connectivity index (χ1v) is 15.1. The van der Waals surface area contributed by atoms with Gasteiger partial charge in [0.05, 0.1) is 35.4 Å². The molecule has 2 aromatic carbocycles. The first kappa shape index (κ1) is 32.2. The summed E-state index contributed by atoms with van der Waals surface area (Å²) in [4.78, 5) is 33.7. The van der Waals surface area contributed by atoms with Gasteiger partial charge in [-0.1, -0.05) is 18.2 Å². The zero-order valence-corrected chi connectivity index (χ0v) is 25.3. The summed E-state index contributed by atoms with van der Waals surface area (Å²) in [5.41, 5.74) is 2.62. The summed E-state index contributed by atoms with van der Waals surface area (Å²) in [6.45, 7) is 7.71. The smallest absolute Gasteiger partial charge is 0.374 e. The lowest BCUT2D eigenvalue weighted by Crippen LogP contribution is -2.58. The highest BCUT2D eigenvalue weighted by atomic mass is 35.5. The average molecular weight is 658 g/mol. The van der Waals surface area contributed by atoms with Crippen LogP contribution in [0.3, 0.4) is 0 Å². The number of thioether (sulfide) groups is 1. The molecule has 0 saturated carbocycles. The molecule has 3 atom stereocenters. The number of carbonyl (C=O) groups excluding carboxylic acids is 1. The molecule has 15 heteroatoms. The van der Waals surface area contributed by atoms with Gasteiger partial charge in [-0.3, -0.25) is 9.36 Å². The summed E-state index contributed by atoms with van der Waals surface area (Å²) >= 11 is 6.89. The summed E-state index contributed by atoms with van der Waals surface area (Å²) in [6, 6.07) is 1.32. The van der Waals surface area contributed by atoms with Crippen molar-refractivity contribution in [2.24, 2.45) is 5.73 Å². The molecule has 0 spiro atoms. The number of rotatable bonds is 6. The number of nitrogens with two attached hydrogens (primary N) is 1. The van der Waals surface area contributed by atoms with Crippen LogP contribution in [0.25, 0.3) is 22.0 Å². The minimum atomic E-state index is -5.00. The first-order chi connectivity index (χ1) is 20.8. The van der Waals surface area contributed by atoms with Crippen molar-refractivity contribution in [3.8, 4) is 11.1 Å². The largest absolute Gasteiger partial charge is 0.417 e. The molecule has 1 fully saturated rings. The number of ether oxygens (including phenoxy) is 1. The van der Waals surface area contributed by atoms with E-state index < -0.39 is 51.3 Å². The molecule has 44 heavy (non-hydrogen) atoms. The average Bonchev–Trinajstić information content (AvgIpc) is 3.15. The second kappa shape index (κ2) is 12.3. The minimum absolute atomic E-state index is 0.00323. The van der Waals surface area contributed by atoms with Crippen molar-refractivity contribution in [1.29, 1.82) is 0 Å². The van der Waals surface area contributed by atoms with E-state index in [0.29, 0.717) is 6.07 Å². The van der Waals surface area contributed by atoms with E-state index in [-0.39, 0.29) is 78.1 Å². The number of benzene rings is 2. The van der Waals surface area contributed by atoms with E-state index in [1.54, 1.807) is 23.6 Å². The Morgan fingerprint density at radius 2 is 1.86 bits per heavy atom. The standard InChI is InChI=1S/C29H29ClF5N5O3S/c1-4-23(41)40-14(2)10-38(11-15(40)3)27-18-7-19(29(33,34)35)24(17-8-20(30)22(32)9-21(17)31)26-25(18)39(28(42)37-27)12-16(13-44-26)43-6-5-36/h4,7-9,14-16H,1,5-6,10-13,36H2,2-3H3/t14-,15+,16?. The number of anilines is 1. The number of nitrogens with zero attached hydrogens (tertiary/aromatic N) is 4. The summed E-state index contributed by atoms with van der Waals surface area (Å²) in [6.07, 6.45) is -4.44. The van der Waals surface area contributed by atoms with Crippen molar-refractivity contribution < 1.29 is 31.5 Å². The Hall–Kier alpha value is -3.20. The number of piperazine rings is 1. The predicted molar refractivity (Wildman–Crippen MR) is 159 cm³/mol. The highest BCUT2D eigenvalue weighted by Crippen LogP contribution is 2.49. The van der Waals surface area contributed by atoms with Gasteiger partial charge in [0.25, 0.3) is 0 Å². The SMILES string of the molecule is C=CC(=O)N1[C@H](C)CN(c2nc(=O)n3c4c(c(-c5cc(Cl)c(F)cc5F)c(C(F)(F)F)cc24)SCC(OCCN)C3)C[C@@H]1C. The number of hydrogen-bond donors (Lipinski definition) is 1. The molecule has 2 aliphatic heterocycles. The minimum Gasteiger partial charge on any atom is -0.374 e. The van der Waals surface area contributed by atoms with Gasteiger partial charge in [-0.2, -0.15) is 18.2 Å². The summed E-state index contributed by atoms with van der Waals surface area (Å²) < 4.78 is 81.1. The number of aromatic nitrogens is 2. The van der Waals surface area contributed by atoms with Crippen LogP contribution in [0.15, 0.2) is 40.5 Å². The van der Waals surface area contributed by atoms with E-state index in [9.17, 15) is 27.2 Å². The van der Waals surface area contributed by atoms with Crippen LogP contribution in [0.1, 0.15) is 19.4 Å². The number of carbonyl (C=O) groups is 1. The number of alkyl halides is 3. The van der Waals surface area contributed by atoms with Gasteiger partial charge in [0.1, 0.15) is 17.5 Å². The normalized spacial score (nSPS) is 20.6. The summed E-state index contributed by atoms with van der Waals surface area (Å²) in [5, 5.41) is -0.550. The van der Waals surface area contributed by atoms with E-state index in [1.807, 2.05) is 0 Å². The van der Waals surface area contributed by atoms with Gasteiger partial charge in [0.15, 0.2) is 0 Å². The van der Waals surface area contributed by atoms with Crippen LogP contribution in [0.2, 0.25) is 5.02 Å². The molecule has 1 saturated heterocycles. The third kappa shape index (κ3) is 5.80. The maximum Gasteiger partial charge on any atom is 0.417 e. The molecule has 1 amide bonds. The molecular weight excluding hydrogens is 629 g/mol. The Morgan fingerprint density at radius 3 is 2.48 bits per heavy atom. The predicted octanol–water partition coefficient (Wildman–Crippen LogP) is 5.08. The molecule has 2 N–H and O–H groups in total. The fraction of sp³-hybridized carbons (Fsp3) is 0.414. The Bertz CT molecular complexity index is 1690. The third-order valence-electron chi connectivity index (χ3n) is 7.70. The van der Waals surface area contributed by atoms with Crippen LogP contribution in [0.4, 0.5) is 27.8 Å². The van der Waals surface area contributed by atoms with E-state index in [2.05, 4.69) is 11.6 Å². The molecule has 2 aliphatic rings. The van der Waals surface area contributed by atoms with Gasteiger partial charge in [-0.25, -0.2) is 13.6 Å². The lowest BCUT2D eigenvalue weighted by molar-refractivity contribution is -0.137. The van der Waals surface area contributed by atoms with Crippen molar-refractivity contribution in [2.75, 3.05) is 36.9 Å². The van der Waals surface area contributed by atoms with Gasteiger partial charge in [0.2, 0.25) is 5.91 Å². The third-order valence-corrected chi connectivity index (χ3v) is 9.22. The molecule has 3 heterocycles. The van der Waals surface area contributed by atoms with Crippen molar-refractivity contribution in [3.63, 3.8) is 0 Å². The maximum atomic E-state index is 15.3. The van der Waals surface area contributed by atoms with Crippen LogP contribution >= 0.6 is 23.4 Å². The van der Waals surface area contributed by atoms with E-state index in [1.165, 1.54) is 10.6 Å². The zero-order chi connectivity index (χ0) is 32.1. The molecule has 1 aromatic heterocycles. The first-order valence-electron chi connectivity index (χ1n) is 13.7. The quantitative estimate of drug-likeness (QED) is 0.225. The van der Waals surface area contributed by atoms with Crippen LogP contribution in [-0.2, 0) is 22.3 Å². The number of amides is 1. The summed E-state index contributed by atoms with van der Waals surface area (Å²) in [5.74, 6) is -2.56. The van der Waals surface area contributed by atoms with Gasteiger partial charge in [-0.05, 0) is 32.1 Å². The number of hydrogen-bond acceptors (Lipinski definition) is 7. The van der Waals surface area contributed by atoms with Gasteiger partial charge in [-0.15, -0.1) is 11.8 Å². The summed E-state index contributed by atoms with van der Waals surface area (Å²) in [7, 11) is 0. The van der Waals surface area contributed by atoms with E-state index in [4.69, 9.17) is 22.1 Å². The van der Waals surface area contributed by atoms with E-state index in [0.717, 1.165) is 23.9 Å². The topological polar surface area (TPSA) is 93.7 Å². The van der Waals surface area contributed by atoms with Crippen LogP contribution < -0.4 is 16.3 Å². The van der Waals surface area contributed by atoms with Gasteiger partial charge < -0.3 is 20.3 Å². The van der Waals surface area contributed by atoms with Crippen LogP contribution in [0, 0.1) is 11.6 Å². The van der Waals surface area contributed by atoms with E-state index >= 15 is 4.39 Å². The lowest BCUT2D eigenvalue weighted by Gasteiger charge is -2.44. The molecule has 0 radical (unpaired) electrons. The molecule has 8 nitrogen and oxygen atoms in total. The van der Waals surface area contributed by atoms with Crippen molar-refractivity contribution >= 4 is 46.0 Å². The second-order valence-electron chi connectivity index (χ2n) is 10.7. The molecule has 236 valence electrons. The lowest BCUT2D eigenvalue weighted by atomic mass is 9.95. The fourth-order valence-corrected chi connectivity index (χ4v) is 7.39.